The Morgan fingerprint density at radius 2 is 1.91 bits per heavy atom. The first-order chi connectivity index (χ1) is 10.6. The average molecular weight is 306 g/mol. The van der Waals surface area contributed by atoms with Gasteiger partial charge in [-0.25, -0.2) is 0 Å². The number of carbonyl (C=O) groups is 1. The summed E-state index contributed by atoms with van der Waals surface area (Å²) in [5, 5.41) is 0. The summed E-state index contributed by atoms with van der Waals surface area (Å²) in [5.74, 6) is 2.68. The molecule has 2 heterocycles. The predicted molar refractivity (Wildman–Crippen MR) is 90.7 cm³/mol. The molecule has 0 aromatic rings. The normalized spacial score (nSPS) is 40.3. The maximum Gasteiger partial charge on any atom is 0.219 e. The molecule has 22 heavy (non-hydrogen) atoms. The molecule has 3 nitrogen and oxygen atoms in total. The maximum absolute atomic E-state index is 12.0. The first-order valence-electron chi connectivity index (χ1n) is 9.53. The number of fused-ring (bicyclic) bond motifs is 1. The Kier molecular flexibility index (Phi) is 5.11. The lowest BCUT2D eigenvalue weighted by Gasteiger charge is -2.50. The Hall–Kier alpha value is -0.570. The first kappa shape index (κ1) is 16.3. The number of hydrogen-bond acceptors (Lipinski definition) is 2. The number of nitrogens with zero attached hydrogens (tertiary/aromatic N) is 2. The number of likely N-dealkylation sites (tertiary alicyclic amines) is 2. The van der Waals surface area contributed by atoms with E-state index in [4.69, 9.17) is 0 Å². The van der Waals surface area contributed by atoms with Crippen LogP contribution in [0.25, 0.3) is 0 Å². The van der Waals surface area contributed by atoms with Gasteiger partial charge in [0, 0.05) is 25.6 Å². The molecule has 1 amide bonds. The van der Waals surface area contributed by atoms with Crippen LogP contribution in [0.1, 0.15) is 65.2 Å². The van der Waals surface area contributed by atoms with Gasteiger partial charge in [-0.15, -0.1) is 0 Å². The molecule has 0 bridgehead atoms. The summed E-state index contributed by atoms with van der Waals surface area (Å²) in [5.41, 5.74) is 0. The molecular formula is C19H34N2O. The third-order valence-corrected chi connectivity index (χ3v) is 6.69. The molecule has 3 aliphatic rings. The monoisotopic (exact) mass is 306 g/mol. The summed E-state index contributed by atoms with van der Waals surface area (Å²) in [6.45, 7) is 6.45. The van der Waals surface area contributed by atoms with E-state index in [0.29, 0.717) is 11.9 Å². The van der Waals surface area contributed by atoms with E-state index in [9.17, 15) is 4.79 Å². The molecule has 0 aromatic heterocycles. The molecule has 3 fully saturated rings. The van der Waals surface area contributed by atoms with Crippen molar-refractivity contribution in [3.63, 3.8) is 0 Å². The van der Waals surface area contributed by atoms with Gasteiger partial charge in [0.1, 0.15) is 0 Å². The zero-order valence-corrected chi connectivity index (χ0v) is 14.8. The van der Waals surface area contributed by atoms with E-state index >= 15 is 0 Å². The van der Waals surface area contributed by atoms with Gasteiger partial charge in [-0.2, -0.15) is 0 Å². The molecule has 0 unspecified atom stereocenters. The van der Waals surface area contributed by atoms with Crippen molar-refractivity contribution in [1.29, 1.82) is 0 Å². The summed E-state index contributed by atoms with van der Waals surface area (Å²) in [4.78, 5) is 16.8. The number of piperidine rings is 2. The maximum atomic E-state index is 12.0. The minimum Gasteiger partial charge on any atom is -0.340 e. The third-order valence-electron chi connectivity index (χ3n) is 6.69. The van der Waals surface area contributed by atoms with E-state index in [1.54, 1.807) is 6.92 Å². The van der Waals surface area contributed by atoms with Crippen molar-refractivity contribution in [2.24, 2.45) is 17.8 Å². The quantitative estimate of drug-likeness (QED) is 0.779. The van der Waals surface area contributed by atoms with E-state index < -0.39 is 0 Å². The minimum atomic E-state index is 0.303. The fourth-order valence-corrected chi connectivity index (χ4v) is 5.59. The summed E-state index contributed by atoms with van der Waals surface area (Å²) in [7, 11) is 2.32. The number of rotatable bonds is 2. The topological polar surface area (TPSA) is 23.6 Å². The fourth-order valence-electron chi connectivity index (χ4n) is 5.59. The smallest absolute Gasteiger partial charge is 0.219 e. The Morgan fingerprint density at radius 1 is 1.09 bits per heavy atom. The van der Waals surface area contributed by atoms with Gasteiger partial charge in [-0.1, -0.05) is 13.3 Å². The molecular weight excluding hydrogens is 272 g/mol. The second kappa shape index (κ2) is 6.90. The molecule has 1 aliphatic carbocycles. The zero-order chi connectivity index (χ0) is 15.7. The second-order valence-corrected chi connectivity index (χ2v) is 8.29. The Bertz CT molecular complexity index is 397. The molecule has 2 aliphatic heterocycles. The molecule has 2 saturated heterocycles. The highest BCUT2D eigenvalue weighted by Gasteiger charge is 2.42. The number of hydrogen-bond donors (Lipinski definition) is 0. The highest BCUT2D eigenvalue weighted by Crippen LogP contribution is 2.44. The lowest BCUT2D eigenvalue weighted by molar-refractivity contribution is -0.137. The Balaban J connectivity index is 1.71. The molecule has 5 atom stereocenters. The van der Waals surface area contributed by atoms with Crippen LogP contribution < -0.4 is 0 Å². The van der Waals surface area contributed by atoms with Crippen molar-refractivity contribution >= 4 is 5.91 Å². The van der Waals surface area contributed by atoms with E-state index in [-0.39, 0.29) is 0 Å². The average Bonchev–Trinajstić information content (AvgIpc) is 2.48. The van der Waals surface area contributed by atoms with Crippen LogP contribution in [0.15, 0.2) is 0 Å². The van der Waals surface area contributed by atoms with Crippen LogP contribution in [-0.2, 0) is 4.79 Å². The van der Waals surface area contributed by atoms with Crippen LogP contribution in [-0.4, -0.2) is 47.9 Å². The van der Waals surface area contributed by atoms with Crippen LogP contribution in [0.3, 0.4) is 0 Å². The predicted octanol–water partition coefficient (Wildman–Crippen LogP) is 3.53. The molecule has 0 radical (unpaired) electrons. The standard InChI is InChI=1S/C19H34N2O/c1-14-11-16(13-17-7-4-5-9-20(17)3)18-8-6-10-21(15(2)22)19(18)12-14/h14,16-19H,4-13H2,1-3H3/t14-,16+,17-,18+,19-/m1/s1. The summed E-state index contributed by atoms with van der Waals surface area (Å²) < 4.78 is 0. The van der Waals surface area contributed by atoms with Crippen LogP contribution in [0.2, 0.25) is 0 Å². The lowest BCUT2D eigenvalue weighted by atomic mass is 9.65. The van der Waals surface area contributed by atoms with Gasteiger partial charge in [0.05, 0.1) is 0 Å². The minimum absolute atomic E-state index is 0.303. The molecule has 126 valence electrons. The first-order valence-corrected chi connectivity index (χ1v) is 9.53. The lowest BCUT2D eigenvalue weighted by Crippen LogP contribution is -2.53. The molecule has 0 N–H and O–H groups in total. The van der Waals surface area contributed by atoms with Gasteiger partial charge in [0.15, 0.2) is 0 Å². The van der Waals surface area contributed by atoms with E-state index in [1.165, 1.54) is 57.9 Å². The fraction of sp³-hybridized carbons (Fsp3) is 0.947. The third kappa shape index (κ3) is 3.34. The molecule has 0 aromatic carbocycles. The number of amides is 1. The molecule has 1 saturated carbocycles. The molecule has 0 spiro atoms. The Labute approximate surface area is 136 Å². The highest BCUT2D eigenvalue weighted by molar-refractivity contribution is 5.73. The van der Waals surface area contributed by atoms with Crippen LogP contribution >= 0.6 is 0 Å². The van der Waals surface area contributed by atoms with Crippen LogP contribution in [0.5, 0.6) is 0 Å². The van der Waals surface area contributed by atoms with Gasteiger partial charge >= 0.3 is 0 Å². The SMILES string of the molecule is CC(=O)N1CCC[C@H]2[C@H](C[C@H]3CCCCN3C)C[C@@H](C)C[C@H]21. The largest absolute Gasteiger partial charge is 0.340 e. The second-order valence-electron chi connectivity index (χ2n) is 8.29. The summed E-state index contributed by atoms with van der Waals surface area (Å²) in [6.07, 6.45) is 10.7. The van der Waals surface area contributed by atoms with Crippen molar-refractivity contribution in [2.45, 2.75) is 77.3 Å². The van der Waals surface area contributed by atoms with Gasteiger partial charge < -0.3 is 9.80 Å². The molecule has 3 rings (SSSR count). The summed E-state index contributed by atoms with van der Waals surface area (Å²) in [6, 6.07) is 1.33. The number of carbonyl (C=O) groups excluding carboxylic acids is 1. The van der Waals surface area contributed by atoms with Crippen molar-refractivity contribution in [1.82, 2.24) is 9.80 Å². The van der Waals surface area contributed by atoms with Crippen LogP contribution in [0.4, 0.5) is 0 Å². The van der Waals surface area contributed by atoms with Gasteiger partial charge in [-0.3, -0.25) is 4.79 Å². The van der Waals surface area contributed by atoms with Gasteiger partial charge in [0.2, 0.25) is 5.91 Å². The van der Waals surface area contributed by atoms with Crippen LogP contribution in [0, 0.1) is 17.8 Å². The summed E-state index contributed by atoms with van der Waals surface area (Å²) >= 11 is 0. The van der Waals surface area contributed by atoms with Gasteiger partial charge in [0.25, 0.3) is 0 Å². The zero-order valence-electron chi connectivity index (χ0n) is 14.8. The Morgan fingerprint density at radius 3 is 2.64 bits per heavy atom. The van der Waals surface area contributed by atoms with Crippen molar-refractivity contribution in [3.8, 4) is 0 Å². The van der Waals surface area contributed by atoms with Crippen molar-refractivity contribution in [2.75, 3.05) is 20.1 Å². The van der Waals surface area contributed by atoms with Gasteiger partial charge in [-0.05, 0) is 76.3 Å². The molecule has 3 heteroatoms. The van der Waals surface area contributed by atoms with E-state index in [0.717, 1.165) is 30.3 Å². The van der Waals surface area contributed by atoms with E-state index in [1.807, 2.05) is 0 Å². The van der Waals surface area contributed by atoms with E-state index in [2.05, 4.69) is 23.8 Å². The van der Waals surface area contributed by atoms with Crippen molar-refractivity contribution in [3.05, 3.63) is 0 Å². The van der Waals surface area contributed by atoms with Crippen molar-refractivity contribution < 1.29 is 4.79 Å². The highest BCUT2D eigenvalue weighted by atomic mass is 16.2.